The summed E-state index contributed by atoms with van der Waals surface area (Å²) >= 11 is 6.08. The molecule has 0 aromatic heterocycles. The van der Waals surface area contributed by atoms with Crippen molar-refractivity contribution >= 4 is 36.4 Å². The quantitative estimate of drug-likeness (QED) is 0.729. The summed E-state index contributed by atoms with van der Waals surface area (Å²) in [6.07, 6.45) is 4.73. The zero-order valence-corrected chi connectivity index (χ0v) is 15.4. The topological polar surface area (TPSA) is 35.5 Å². The third-order valence-corrected chi connectivity index (χ3v) is 4.36. The first-order valence-corrected chi connectivity index (χ1v) is 8.04. The number of nitrogens with one attached hydrogen (secondary N) is 1. The maximum absolute atomic E-state index is 10.3. The fourth-order valence-electron chi connectivity index (χ4n) is 2.92. The number of hydrogen-bond acceptors (Lipinski definition) is 3. The maximum atomic E-state index is 10.3. The van der Waals surface area contributed by atoms with Crippen LogP contribution in [-0.2, 0) is 0 Å². The van der Waals surface area contributed by atoms with Gasteiger partial charge in [-0.15, -0.1) is 24.8 Å². The molecule has 0 aliphatic carbocycles. The summed E-state index contributed by atoms with van der Waals surface area (Å²) in [6, 6.07) is 5.98. The van der Waals surface area contributed by atoms with E-state index in [1.54, 1.807) is 6.07 Å². The number of rotatable bonds is 6. The summed E-state index contributed by atoms with van der Waals surface area (Å²) in [5.41, 5.74) is 0.982. The highest BCUT2D eigenvalue weighted by atomic mass is 35.5. The Morgan fingerprint density at radius 1 is 1.23 bits per heavy atom. The Morgan fingerprint density at radius 3 is 2.55 bits per heavy atom. The summed E-state index contributed by atoms with van der Waals surface area (Å²) in [5.74, 6) is 0.259. The molecule has 0 radical (unpaired) electrons. The van der Waals surface area contributed by atoms with E-state index in [9.17, 15) is 5.11 Å². The van der Waals surface area contributed by atoms with Crippen LogP contribution in [0.2, 0.25) is 5.02 Å². The molecule has 2 rings (SSSR count). The van der Waals surface area contributed by atoms with E-state index in [-0.39, 0.29) is 36.6 Å². The minimum atomic E-state index is 0. The average Bonchev–Trinajstić information content (AvgIpc) is 2.48. The number of nitrogens with zero attached hydrogens (tertiary/aromatic N) is 1. The number of piperazine rings is 1. The highest BCUT2D eigenvalue weighted by Crippen LogP contribution is 2.36. The van der Waals surface area contributed by atoms with Crippen LogP contribution >= 0.6 is 36.4 Å². The number of phenolic OH excluding ortho intramolecular Hbond substituents is 1. The number of aromatic hydroxyl groups is 1. The molecule has 3 nitrogen and oxygen atoms in total. The Kier molecular flexibility index (Phi) is 11.3. The first-order chi connectivity index (χ1) is 9.74. The minimum Gasteiger partial charge on any atom is -0.506 e. The molecule has 0 amide bonds. The molecule has 0 bridgehead atoms. The molecule has 0 unspecified atom stereocenters. The summed E-state index contributed by atoms with van der Waals surface area (Å²) in [4.78, 5) is 2.47. The van der Waals surface area contributed by atoms with Crippen LogP contribution < -0.4 is 5.32 Å². The van der Waals surface area contributed by atoms with Gasteiger partial charge in [0.25, 0.3) is 0 Å². The van der Waals surface area contributed by atoms with Gasteiger partial charge in [0.2, 0.25) is 0 Å². The second-order valence-corrected chi connectivity index (χ2v) is 5.88. The summed E-state index contributed by atoms with van der Waals surface area (Å²) < 4.78 is 0. The second-order valence-electron chi connectivity index (χ2n) is 5.48. The molecule has 1 aliphatic rings. The van der Waals surface area contributed by atoms with Gasteiger partial charge >= 0.3 is 0 Å². The van der Waals surface area contributed by atoms with E-state index >= 15 is 0 Å². The van der Waals surface area contributed by atoms with Crippen molar-refractivity contribution in [3.05, 3.63) is 28.8 Å². The van der Waals surface area contributed by atoms with Crippen molar-refractivity contribution in [1.29, 1.82) is 0 Å². The molecule has 1 fully saturated rings. The van der Waals surface area contributed by atoms with Gasteiger partial charge in [-0.25, -0.2) is 0 Å². The molecular formula is C16H27Cl3N2O. The number of para-hydroxylation sites is 1. The van der Waals surface area contributed by atoms with E-state index in [1.165, 1.54) is 19.3 Å². The van der Waals surface area contributed by atoms with Gasteiger partial charge in [-0.05, 0) is 12.5 Å². The molecule has 1 heterocycles. The van der Waals surface area contributed by atoms with Crippen LogP contribution in [0.5, 0.6) is 5.75 Å². The highest BCUT2D eigenvalue weighted by molar-refractivity contribution is 6.32. The number of halogens is 3. The summed E-state index contributed by atoms with van der Waals surface area (Å²) in [7, 11) is 0. The van der Waals surface area contributed by atoms with E-state index in [0.717, 1.165) is 38.2 Å². The minimum absolute atomic E-state index is 0. The smallest absolute Gasteiger partial charge is 0.138 e. The van der Waals surface area contributed by atoms with Crippen molar-refractivity contribution in [2.75, 3.05) is 26.2 Å². The molecule has 0 spiro atoms. The van der Waals surface area contributed by atoms with Gasteiger partial charge in [-0.3, -0.25) is 4.90 Å². The zero-order valence-electron chi connectivity index (χ0n) is 13.1. The molecule has 2 N–H and O–H groups in total. The van der Waals surface area contributed by atoms with Crippen molar-refractivity contribution in [2.45, 2.75) is 38.6 Å². The third-order valence-electron chi connectivity index (χ3n) is 4.05. The molecule has 1 atom stereocenters. The predicted octanol–water partition coefficient (Wildman–Crippen LogP) is 4.42. The zero-order chi connectivity index (χ0) is 14.4. The van der Waals surface area contributed by atoms with Gasteiger partial charge in [0.05, 0.1) is 5.02 Å². The Morgan fingerprint density at radius 2 is 1.91 bits per heavy atom. The summed E-state index contributed by atoms with van der Waals surface area (Å²) in [5, 5.41) is 14.1. The predicted molar refractivity (Wildman–Crippen MR) is 98.9 cm³/mol. The van der Waals surface area contributed by atoms with Crippen LogP contribution in [-0.4, -0.2) is 36.2 Å². The molecule has 1 aromatic carbocycles. The van der Waals surface area contributed by atoms with Gasteiger partial charge in [0.15, 0.2) is 0 Å². The Balaban J connectivity index is 0.00000220. The van der Waals surface area contributed by atoms with Gasteiger partial charge in [0.1, 0.15) is 5.75 Å². The molecular weight excluding hydrogens is 343 g/mol. The fourth-order valence-corrected chi connectivity index (χ4v) is 3.10. The SMILES string of the molecule is CCCCC[C@H](c1cccc(Cl)c1O)N1CCNCC1.Cl.Cl. The van der Waals surface area contributed by atoms with E-state index in [1.807, 2.05) is 12.1 Å². The van der Waals surface area contributed by atoms with Crippen molar-refractivity contribution in [3.8, 4) is 5.75 Å². The molecule has 1 saturated heterocycles. The summed E-state index contributed by atoms with van der Waals surface area (Å²) in [6.45, 7) is 6.32. The molecule has 128 valence electrons. The molecule has 22 heavy (non-hydrogen) atoms. The number of hydrogen-bond donors (Lipinski definition) is 2. The van der Waals surface area contributed by atoms with Crippen LogP contribution in [0.3, 0.4) is 0 Å². The molecule has 0 saturated carbocycles. The molecule has 1 aromatic rings. The lowest BCUT2D eigenvalue weighted by Gasteiger charge is -2.35. The largest absolute Gasteiger partial charge is 0.506 e. The van der Waals surface area contributed by atoms with Crippen molar-refractivity contribution in [3.63, 3.8) is 0 Å². The fraction of sp³-hybridized carbons (Fsp3) is 0.625. The van der Waals surface area contributed by atoms with Gasteiger partial charge < -0.3 is 10.4 Å². The maximum Gasteiger partial charge on any atom is 0.138 e. The standard InChI is InChI=1S/C16H25ClN2O.2ClH/c1-2-3-4-8-15(19-11-9-18-10-12-19)13-6-5-7-14(17)16(13)20;;/h5-7,15,18,20H,2-4,8-12H2,1H3;2*1H/t15-;;/m1../s1. The van der Waals surface area contributed by atoms with Crippen molar-refractivity contribution in [2.24, 2.45) is 0 Å². The van der Waals surface area contributed by atoms with Crippen molar-refractivity contribution < 1.29 is 5.11 Å². The Bertz CT molecular complexity index is 426. The lowest BCUT2D eigenvalue weighted by atomic mass is 9.97. The van der Waals surface area contributed by atoms with Gasteiger partial charge in [0, 0.05) is 37.8 Å². The van der Waals surface area contributed by atoms with E-state index < -0.39 is 0 Å². The average molecular weight is 370 g/mol. The van der Waals surface area contributed by atoms with E-state index in [4.69, 9.17) is 11.6 Å². The highest BCUT2D eigenvalue weighted by Gasteiger charge is 2.24. The van der Waals surface area contributed by atoms with E-state index in [0.29, 0.717) is 5.02 Å². The van der Waals surface area contributed by atoms with Crippen LogP contribution in [0, 0.1) is 0 Å². The lowest BCUT2D eigenvalue weighted by molar-refractivity contribution is 0.160. The van der Waals surface area contributed by atoms with Gasteiger partial charge in [-0.1, -0.05) is 49.9 Å². The van der Waals surface area contributed by atoms with Crippen LogP contribution in [0.15, 0.2) is 18.2 Å². The molecule has 1 aliphatic heterocycles. The van der Waals surface area contributed by atoms with Gasteiger partial charge in [-0.2, -0.15) is 0 Å². The Labute approximate surface area is 151 Å². The van der Waals surface area contributed by atoms with Crippen LogP contribution in [0.1, 0.15) is 44.2 Å². The monoisotopic (exact) mass is 368 g/mol. The number of unbranched alkanes of at least 4 members (excludes halogenated alkanes) is 2. The third kappa shape index (κ3) is 5.78. The molecule has 6 heteroatoms. The lowest BCUT2D eigenvalue weighted by Crippen LogP contribution is -2.45. The Hall–Kier alpha value is -0.190. The normalized spacial score (nSPS) is 16.5. The number of benzene rings is 1. The first-order valence-electron chi connectivity index (χ1n) is 7.66. The first kappa shape index (κ1) is 21.8. The van der Waals surface area contributed by atoms with E-state index in [2.05, 4.69) is 17.1 Å². The van der Waals surface area contributed by atoms with Crippen LogP contribution in [0.4, 0.5) is 0 Å². The van der Waals surface area contributed by atoms with Crippen molar-refractivity contribution in [1.82, 2.24) is 10.2 Å². The van der Waals surface area contributed by atoms with Crippen LogP contribution in [0.25, 0.3) is 0 Å². The second kappa shape index (κ2) is 11.4. The number of phenols is 1.